The van der Waals surface area contributed by atoms with Crippen LogP contribution in [0.15, 0.2) is 42.5 Å². The second-order valence-corrected chi connectivity index (χ2v) is 12.6. The Hall–Kier alpha value is -1.76. The van der Waals surface area contributed by atoms with Crippen molar-refractivity contribution in [1.82, 2.24) is 0 Å². The first-order chi connectivity index (χ1) is 17.2. The minimum absolute atomic E-state index is 0.238. The van der Waals surface area contributed by atoms with Crippen LogP contribution in [0.1, 0.15) is 147 Å². The van der Waals surface area contributed by atoms with Crippen molar-refractivity contribution >= 4 is 0 Å². The third-order valence-corrected chi connectivity index (χ3v) is 9.60. The van der Waals surface area contributed by atoms with Gasteiger partial charge in [-0.3, -0.25) is 0 Å². The summed E-state index contributed by atoms with van der Waals surface area (Å²) in [4.78, 5) is 0. The van der Waals surface area contributed by atoms with E-state index in [4.69, 9.17) is 0 Å². The van der Waals surface area contributed by atoms with Gasteiger partial charge >= 0.3 is 0 Å². The lowest BCUT2D eigenvalue weighted by atomic mass is 9.72. The molecule has 2 aromatic rings. The van der Waals surface area contributed by atoms with Gasteiger partial charge in [0, 0.05) is 16.5 Å². The quantitative estimate of drug-likeness (QED) is 0.328. The Bertz CT molecular complexity index is 927. The zero-order valence-electron chi connectivity index (χ0n) is 24.4. The van der Waals surface area contributed by atoms with Gasteiger partial charge in [0.05, 0.1) is 0 Å². The zero-order valence-corrected chi connectivity index (χ0v) is 24.4. The number of phenols is 1. The van der Waals surface area contributed by atoms with Gasteiger partial charge in [-0.05, 0) is 53.6 Å². The predicted octanol–water partition coefficient (Wildman–Crippen LogP) is 10.7. The summed E-state index contributed by atoms with van der Waals surface area (Å²) in [5.41, 5.74) is 4.73. The molecule has 2 aromatic carbocycles. The van der Waals surface area contributed by atoms with Crippen molar-refractivity contribution in [2.24, 2.45) is 17.8 Å². The van der Waals surface area contributed by atoms with Crippen LogP contribution in [0.25, 0.3) is 0 Å². The van der Waals surface area contributed by atoms with E-state index in [1.54, 1.807) is 0 Å². The normalized spacial score (nSPS) is 25.0. The van der Waals surface area contributed by atoms with Crippen molar-refractivity contribution < 1.29 is 5.11 Å². The molecule has 200 valence electrons. The van der Waals surface area contributed by atoms with Crippen molar-refractivity contribution in [3.63, 3.8) is 0 Å². The lowest BCUT2D eigenvalue weighted by molar-refractivity contribution is 0.186. The van der Waals surface area contributed by atoms with E-state index >= 15 is 0 Å². The second kappa shape index (κ2) is 13.2. The summed E-state index contributed by atoms with van der Waals surface area (Å²) in [7, 11) is 0. The van der Waals surface area contributed by atoms with Crippen LogP contribution in [0.5, 0.6) is 5.75 Å². The molecule has 0 saturated carbocycles. The molecule has 1 N–H and O–H groups in total. The highest BCUT2D eigenvalue weighted by Gasteiger charge is 2.35. The Morgan fingerprint density at radius 1 is 0.750 bits per heavy atom. The monoisotopic (exact) mass is 490 g/mol. The van der Waals surface area contributed by atoms with E-state index in [2.05, 4.69) is 90.9 Å². The molecule has 0 spiro atoms. The van der Waals surface area contributed by atoms with Crippen LogP contribution in [-0.2, 0) is 5.41 Å². The number of benzene rings is 2. The van der Waals surface area contributed by atoms with E-state index in [1.807, 2.05) is 0 Å². The number of hydrogen-bond donors (Lipinski definition) is 1. The number of hydrogen-bond acceptors (Lipinski definition) is 1. The van der Waals surface area contributed by atoms with Crippen molar-refractivity contribution in [3.8, 4) is 5.75 Å². The van der Waals surface area contributed by atoms with Crippen LogP contribution in [0.2, 0.25) is 0 Å². The van der Waals surface area contributed by atoms with Crippen molar-refractivity contribution in [2.75, 3.05) is 0 Å². The van der Waals surface area contributed by atoms with E-state index in [0.717, 1.165) is 23.3 Å². The van der Waals surface area contributed by atoms with Gasteiger partial charge in [-0.15, -0.1) is 0 Å². The summed E-state index contributed by atoms with van der Waals surface area (Å²) in [6.45, 7) is 16.5. The number of rotatable bonds is 10. The lowest BCUT2D eigenvalue weighted by Crippen LogP contribution is -2.23. The summed E-state index contributed by atoms with van der Waals surface area (Å²) in [6.07, 6.45) is 13.1. The Morgan fingerprint density at radius 3 is 1.86 bits per heavy atom. The first-order valence-corrected chi connectivity index (χ1v) is 15.1. The average molecular weight is 491 g/mol. The summed E-state index contributed by atoms with van der Waals surface area (Å²) in [5, 5.41) is 11.9. The molecule has 1 heteroatoms. The largest absolute Gasteiger partial charge is 0.507 e. The van der Waals surface area contributed by atoms with Crippen LogP contribution < -0.4 is 0 Å². The molecule has 1 aliphatic carbocycles. The molecule has 3 rings (SSSR count). The molecule has 0 saturated heterocycles. The molecular formula is C35H54O. The van der Waals surface area contributed by atoms with Crippen molar-refractivity contribution in [1.29, 1.82) is 0 Å². The predicted molar refractivity (Wildman–Crippen MR) is 157 cm³/mol. The maximum atomic E-state index is 11.9. The molecule has 0 fully saturated rings. The highest BCUT2D eigenvalue weighted by molar-refractivity contribution is 5.54. The van der Waals surface area contributed by atoms with Crippen LogP contribution in [-0.4, -0.2) is 5.11 Å². The molecule has 5 atom stereocenters. The SMILES string of the molecule is CCCCCC1CC(C)c2ccc(C(C)(C)c3ccccc3)c(O)c2C(C)CC(CCCCC)C1C. The molecular weight excluding hydrogens is 436 g/mol. The third-order valence-electron chi connectivity index (χ3n) is 9.60. The lowest BCUT2D eigenvalue weighted by Gasteiger charge is -2.33. The van der Waals surface area contributed by atoms with Crippen molar-refractivity contribution in [2.45, 2.75) is 130 Å². The summed E-state index contributed by atoms with van der Waals surface area (Å²) >= 11 is 0. The molecule has 0 heterocycles. The van der Waals surface area contributed by atoms with Crippen LogP contribution in [0.3, 0.4) is 0 Å². The van der Waals surface area contributed by atoms with E-state index in [1.165, 1.54) is 80.9 Å². The maximum absolute atomic E-state index is 11.9. The van der Waals surface area contributed by atoms with E-state index < -0.39 is 0 Å². The molecule has 0 bridgehead atoms. The molecule has 1 nitrogen and oxygen atoms in total. The van der Waals surface area contributed by atoms with Gasteiger partial charge < -0.3 is 5.11 Å². The smallest absolute Gasteiger partial charge is 0.123 e. The van der Waals surface area contributed by atoms with Crippen LogP contribution in [0.4, 0.5) is 0 Å². The molecule has 0 radical (unpaired) electrons. The fraction of sp³-hybridized carbons (Fsp3) is 0.657. The number of fused-ring (bicyclic) bond motifs is 1. The number of phenolic OH excluding ortho intramolecular Hbond substituents is 1. The second-order valence-electron chi connectivity index (χ2n) is 12.6. The van der Waals surface area contributed by atoms with Gasteiger partial charge in [0.2, 0.25) is 0 Å². The molecule has 1 aliphatic rings. The van der Waals surface area contributed by atoms with Gasteiger partial charge in [-0.1, -0.05) is 142 Å². The molecule has 0 amide bonds. The highest BCUT2D eigenvalue weighted by atomic mass is 16.3. The molecule has 0 aliphatic heterocycles. The zero-order chi connectivity index (χ0) is 26.3. The Morgan fingerprint density at radius 2 is 1.31 bits per heavy atom. The Labute approximate surface area is 223 Å². The van der Waals surface area contributed by atoms with E-state index in [-0.39, 0.29) is 5.41 Å². The summed E-state index contributed by atoms with van der Waals surface area (Å²) in [6, 6.07) is 15.3. The molecule has 0 aromatic heterocycles. The fourth-order valence-electron chi connectivity index (χ4n) is 7.13. The van der Waals surface area contributed by atoms with Gasteiger partial charge in [-0.25, -0.2) is 0 Å². The fourth-order valence-corrected chi connectivity index (χ4v) is 7.13. The van der Waals surface area contributed by atoms with E-state index in [0.29, 0.717) is 17.6 Å². The van der Waals surface area contributed by atoms with Gasteiger partial charge in [0.25, 0.3) is 0 Å². The number of aromatic hydroxyl groups is 1. The Kier molecular flexibility index (Phi) is 10.5. The standard InChI is InChI=1S/C35H54O/c1-8-10-13-17-28-23-25(3)31-21-22-32(35(6,7)30-19-15-12-16-20-30)34(36)33(31)26(4)24-29(27(28)5)18-14-11-9-2/h12,15-16,19-22,25-29,36H,8-11,13-14,17-18,23-24H2,1-7H3. The first-order valence-electron chi connectivity index (χ1n) is 15.1. The van der Waals surface area contributed by atoms with Gasteiger partial charge in [-0.2, -0.15) is 0 Å². The molecule has 36 heavy (non-hydrogen) atoms. The van der Waals surface area contributed by atoms with Gasteiger partial charge in [0.1, 0.15) is 5.75 Å². The third kappa shape index (κ3) is 6.56. The first kappa shape index (κ1) is 28.8. The van der Waals surface area contributed by atoms with Crippen LogP contribution >= 0.6 is 0 Å². The average Bonchev–Trinajstić information content (AvgIpc) is 2.90. The highest BCUT2D eigenvalue weighted by Crippen LogP contribution is 2.49. The minimum atomic E-state index is -0.238. The minimum Gasteiger partial charge on any atom is -0.507 e. The summed E-state index contributed by atoms with van der Waals surface area (Å²) in [5.74, 6) is 3.67. The molecule has 5 unspecified atom stereocenters. The Balaban J connectivity index is 2.04. The maximum Gasteiger partial charge on any atom is 0.123 e. The van der Waals surface area contributed by atoms with Crippen molar-refractivity contribution in [3.05, 3.63) is 64.7 Å². The number of unbranched alkanes of at least 4 members (excludes halogenated alkanes) is 4. The topological polar surface area (TPSA) is 20.2 Å². The van der Waals surface area contributed by atoms with Crippen LogP contribution in [0, 0.1) is 17.8 Å². The summed E-state index contributed by atoms with van der Waals surface area (Å²) < 4.78 is 0. The van der Waals surface area contributed by atoms with E-state index in [9.17, 15) is 5.11 Å². The van der Waals surface area contributed by atoms with Gasteiger partial charge in [0.15, 0.2) is 0 Å².